The van der Waals surface area contributed by atoms with Gasteiger partial charge in [-0.15, -0.1) is 11.6 Å². The quantitative estimate of drug-likeness (QED) is 0.721. The van der Waals surface area contributed by atoms with Gasteiger partial charge in [-0.1, -0.05) is 6.07 Å². The summed E-state index contributed by atoms with van der Waals surface area (Å²) >= 11 is 5.67. The molecule has 0 unspecified atom stereocenters. The second kappa shape index (κ2) is 4.11. The molecule has 0 spiro atoms. The van der Waals surface area contributed by atoms with Gasteiger partial charge in [0, 0.05) is 12.4 Å². The van der Waals surface area contributed by atoms with Crippen LogP contribution < -0.4 is 9.64 Å². The predicted molar refractivity (Wildman–Crippen MR) is 59.7 cm³/mol. The first-order valence-electron chi connectivity index (χ1n) is 4.82. The Morgan fingerprint density at radius 1 is 1.53 bits per heavy atom. The number of fused-ring (bicyclic) bond motifs is 1. The van der Waals surface area contributed by atoms with Crippen LogP contribution in [0.2, 0.25) is 0 Å². The number of halogens is 1. The highest BCUT2D eigenvalue weighted by atomic mass is 35.5. The van der Waals surface area contributed by atoms with E-state index in [4.69, 9.17) is 16.3 Å². The summed E-state index contributed by atoms with van der Waals surface area (Å²) in [5.74, 6) is 1.15. The molecule has 4 heteroatoms. The topological polar surface area (TPSA) is 29.5 Å². The van der Waals surface area contributed by atoms with Crippen molar-refractivity contribution in [3.05, 3.63) is 23.8 Å². The Kier molecular flexibility index (Phi) is 2.82. The van der Waals surface area contributed by atoms with Crippen LogP contribution in [0.3, 0.4) is 0 Å². The molecule has 0 saturated heterocycles. The number of hydrogen-bond donors (Lipinski definition) is 0. The molecule has 1 amide bonds. The molecule has 1 aliphatic rings. The van der Waals surface area contributed by atoms with Gasteiger partial charge in [-0.3, -0.25) is 4.79 Å². The number of rotatable bonds is 2. The highest BCUT2D eigenvalue weighted by Gasteiger charge is 2.24. The summed E-state index contributed by atoms with van der Waals surface area (Å²) in [6.45, 7) is 2.62. The van der Waals surface area contributed by atoms with Gasteiger partial charge in [-0.25, -0.2) is 0 Å². The summed E-state index contributed by atoms with van der Waals surface area (Å²) in [4.78, 5) is 13.3. The van der Waals surface area contributed by atoms with Gasteiger partial charge in [-0.05, 0) is 24.6 Å². The molecule has 0 atom stereocenters. The van der Waals surface area contributed by atoms with Gasteiger partial charge in [-0.2, -0.15) is 0 Å². The number of anilines is 1. The number of carbonyl (C=O) groups excluding carboxylic acids is 1. The van der Waals surface area contributed by atoms with Crippen LogP contribution in [0.15, 0.2) is 18.2 Å². The lowest BCUT2D eigenvalue weighted by molar-refractivity contribution is -0.121. The van der Waals surface area contributed by atoms with Crippen molar-refractivity contribution < 1.29 is 9.53 Å². The molecule has 0 aliphatic carbocycles. The minimum absolute atomic E-state index is 0.0336. The van der Waals surface area contributed by atoms with E-state index in [9.17, 15) is 4.79 Å². The maximum absolute atomic E-state index is 11.6. The first-order chi connectivity index (χ1) is 7.22. The number of hydrogen-bond acceptors (Lipinski definition) is 2. The van der Waals surface area contributed by atoms with Crippen molar-refractivity contribution in [1.82, 2.24) is 0 Å². The van der Waals surface area contributed by atoms with Crippen molar-refractivity contribution in [2.45, 2.75) is 6.92 Å². The molecule has 0 aromatic heterocycles. The first kappa shape index (κ1) is 10.3. The second-order valence-corrected chi connectivity index (χ2v) is 3.87. The number of alkyl halides is 1. The fourth-order valence-electron chi connectivity index (χ4n) is 1.64. The van der Waals surface area contributed by atoms with Gasteiger partial charge in [0.25, 0.3) is 5.91 Å². The number of ether oxygens (including phenoxy) is 1. The van der Waals surface area contributed by atoms with Crippen molar-refractivity contribution in [2.24, 2.45) is 0 Å². The lowest BCUT2D eigenvalue weighted by Crippen LogP contribution is -2.40. The highest BCUT2D eigenvalue weighted by Crippen LogP contribution is 2.32. The Labute approximate surface area is 93.6 Å². The number of aryl methyl sites for hydroxylation is 1. The second-order valence-electron chi connectivity index (χ2n) is 3.49. The summed E-state index contributed by atoms with van der Waals surface area (Å²) in [6, 6.07) is 5.80. The average Bonchev–Trinajstić information content (AvgIpc) is 2.23. The molecule has 1 aromatic carbocycles. The third-order valence-electron chi connectivity index (χ3n) is 2.37. The lowest BCUT2D eigenvalue weighted by Gasteiger charge is -2.29. The van der Waals surface area contributed by atoms with E-state index in [1.807, 2.05) is 25.1 Å². The Balaban J connectivity index is 2.41. The maximum atomic E-state index is 11.6. The number of nitrogens with zero attached hydrogens (tertiary/aromatic N) is 1. The van der Waals surface area contributed by atoms with E-state index in [0.717, 1.165) is 17.0 Å². The number of benzene rings is 1. The first-order valence-corrected chi connectivity index (χ1v) is 5.35. The summed E-state index contributed by atoms with van der Waals surface area (Å²) in [7, 11) is 0. The molecule has 1 heterocycles. The van der Waals surface area contributed by atoms with Crippen molar-refractivity contribution in [1.29, 1.82) is 0 Å². The Morgan fingerprint density at radius 3 is 3.07 bits per heavy atom. The molecule has 2 rings (SSSR count). The van der Waals surface area contributed by atoms with Crippen LogP contribution >= 0.6 is 11.6 Å². The van der Waals surface area contributed by atoms with Gasteiger partial charge in [0.15, 0.2) is 6.61 Å². The normalized spacial score (nSPS) is 14.8. The Morgan fingerprint density at radius 2 is 2.33 bits per heavy atom. The molecule has 1 aliphatic heterocycles. The molecule has 0 N–H and O–H groups in total. The van der Waals surface area contributed by atoms with E-state index in [0.29, 0.717) is 12.4 Å². The molecule has 0 fully saturated rings. The predicted octanol–water partition coefficient (Wildman–Crippen LogP) is 1.96. The van der Waals surface area contributed by atoms with Gasteiger partial charge < -0.3 is 9.64 Å². The van der Waals surface area contributed by atoms with E-state index < -0.39 is 0 Å². The molecule has 3 nitrogen and oxygen atoms in total. The van der Waals surface area contributed by atoms with Gasteiger partial charge in [0.2, 0.25) is 0 Å². The molecule has 15 heavy (non-hydrogen) atoms. The summed E-state index contributed by atoms with van der Waals surface area (Å²) in [5.41, 5.74) is 1.93. The van der Waals surface area contributed by atoms with E-state index in [-0.39, 0.29) is 12.5 Å². The van der Waals surface area contributed by atoms with Gasteiger partial charge >= 0.3 is 0 Å². The zero-order valence-electron chi connectivity index (χ0n) is 8.50. The van der Waals surface area contributed by atoms with Crippen molar-refractivity contribution in [2.75, 3.05) is 23.9 Å². The zero-order chi connectivity index (χ0) is 10.8. The third-order valence-corrected chi connectivity index (χ3v) is 2.53. The SMILES string of the molecule is Cc1ccc2c(c1)N(CCCl)C(=O)CO2. The van der Waals surface area contributed by atoms with Crippen LogP contribution in [0.4, 0.5) is 5.69 Å². The average molecular weight is 226 g/mol. The van der Waals surface area contributed by atoms with Crippen LogP contribution in [-0.2, 0) is 4.79 Å². The summed E-state index contributed by atoms with van der Waals surface area (Å²) in [6.07, 6.45) is 0. The smallest absolute Gasteiger partial charge is 0.265 e. The zero-order valence-corrected chi connectivity index (χ0v) is 9.25. The van der Waals surface area contributed by atoms with Crippen LogP contribution in [0, 0.1) is 6.92 Å². The largest absolute Gasteiger partial charge is 0.482 e. The third kappa shape index (κ3) is 1.92. The van der Waals surface area contributed by atoms with Crippen molar-refractivity contribution in [3.63, 3.8) is 0 Å². The van der Waals surface area contributed by atoms with Gasteiger partial charge in [0.05, 0.1) is 5.69 Å². The number of amides is 1. The van der Waals surface area contributed by atoms with E-state index >= 15 is 0 Å². The maximum Gasteiger partial charge on any atom is 0.265 e. The highest BCUT2D eigenvalue weighted by molar-refractivity contribution is 6.18. The van der Waals surface area contributed by atoms with Crippen LogP contribution in [0.1, 0.15) is 5.56 Å². The number of carbonyl (C=O) groups is 1. The van der Waals surface area contributed by atoms with E-state index in [1.54, 1.807) is 4.90 Å². The Bertz CT molecular complexity index is 392. The molecular formula is C11H12ClNO2. The standard InChI is InChI=1S/C11H12ClNO2/c1-8-2-3-10-9(6-8)13(5-4-12)11(14)7-15-10/h2-3,6H,4-5,7H2,1H3. The molecule has 80 valence electrons. The molecule has 0 bridgehead atoms. The molecule has 1 aromatic rings. The summed E-state index contributed by atoms with van der Waals surface area (Å²) in [5, 5.41) is 0. The monoisotopic (exact) mass is 225 g/mol. The summed E-state index contributed by atoms with van der Waals surface area (Å²) < 4.78 is 5.33. The Hall–Kier alpha value is -1.22. The van der Waals surface area contributed by atoms with Crippen LogP contribution in [0.25, 0.3) is 0 Å². The van der Waals surface area contributed by atoms with Gasteiger partial charge in [0.1, 0.15) is 5.75 Å². The minimum Gasteiger partial charge on any atom is -0.482 e. The van der Waals surface area contributed by atoms with Crippen LogP contribution in [-0.4, -0.2) is 24.9 Å². The minimum atomic E-state index is -0.0336. The van der Waals surface area contributed by atoms with E-state index in [1.165, 1.54) is 0 Å². The van der Waals surface area contributed by atoms with Crippen molar-refractivity contribution >= 4 is 23.2 Å². The van der Waals surface area contributed by atoms with Crippen molar-refractivity contribution in [3.8, 4) is 5.75 Å². The molecule has 0 radical (unpaired) electrons. The van der Waals surface area contributed by atoms with E-state index in [2.05, 4.69) is 0 Å². The lowest BCUT2D eigenvalue weighted by atomic mass is 10.1. The fourth-order valence-corrected chi connectivity index (χ4v) is 1.81. The molecular weight excluding hydrogens is 214 g/mol. The molecule has 0 saturated carbocycles. The fraction of sp³-hybridized carbons (Fsp3) is 0.364. The van der Waals surface area contributed by atoms with Crippen LogP contribution in [0.5, 0.6) is 5.75 Å².